The lowest BCUT2D eigenvalue weighted by Gasteiger charge is -2.02. The van der Waals surface area contributed by atoms with Crippen molar-refractivity contribution >= 4 is 11.9 Å². The molecule has 0 aliphatic rings. The van der Waals surface area contributed by atoms with E-state index in [0.29, 0.717) is 18.7 Å². The Balaban J connectivity index is 2.13. The molecule has 1 aromatic rings. The number of carboxylic acids is 1. The molecule has 1 rings (SSSR count). The molecule has 94 valence electrons. The first-order valence-electron chi connectivity index (χ1n) is 5.51. The summed E-state index contributed by atoms with van der Waals surface area (Å²) < 4.78 is 4.93. The average Bonchev–Trinajstić information content (AvgIpc) is 2.69. The highest BCUT2D eigenvalue weighted by molar-refractivity contribution is 5.92. The molecule has 0 aliphatic carbocycles. The number of amides is 1. The molecule has 6 nitrogen and oxygen atoms in total. The van der Waals surface area contributed by atoms with Crippen LogP contribution in [0, 0.1) is 6.92 Å². The number of unbranched alkanes of at least 4 members (excludes halogenated alkanes) is 2. The maximum Gasteiger partial charge on any atom is 0.303 e. The smallest absolute Gasteiger partial charge is 0.303 e. The molecule has 1 amide bonds. The van der Waals surface area contributed by atoms with Gasteiger partial charge in [0.05, 0.1) is 5.69 Å². The van der Waals surface area contributed by atoms with E-state index < -0.39 is 5.97 Å². The van der Waals surface area contributed by atoms with Gasteiger partial charge in [-0.15, -0.1) is 0 Å². The number of aromatic nitrogens is 1. The summed E-state index contributed by atoms with van der Waals surface area (Å²) in [5.74, 6) is -0.833. The number of hydrogen-bond acceptors (Lipinski definition) is 4. The maximum atomic E-state index is 11.5. The van der Waals surface area contributed by atoms with Gasteiger partial charge < -0.3 is 14.8 Å². The first kappa shape index (κ1) is 13.2. The zero-order valence-corrected chi connectivity index (χ0v) is 9.73. The molecule has 0 saturated heterocycles. The molecule has 0 bridgehead atoms. The van der Waals surface area contributed by atoms with Crippen LogP contribution in [-0.4, -0.2) is 28.5 Å². The van der Waals surface area contributed by atoms with Gasteiger partial charge in [0, 0.05) is 13.0 Å². The molecular weight excluding hydrogens is 224 g/mol. The van der Waals surface area contributed by atoms with Gasteiger partial charge in [0.15, 0.2) is 6.39 Å². The molecule has 0 spiro atoms. The summed E-state index contributed by atoms with van der Waals surface area (Å²) in [6, 6.07) is 0. The highest BCUT2D eigenvalue weighted by Gasteiger charge is 2.12. The summed E-state index contributed by atoms with van der Waals surface area (Å²) in [4.78, 5) is 25.6. The molecule has 0 aliphatic heterocycles. The first-order valence-corrected chi connectivity index (χ1v) is 5.51. The lowest BCUT2D eigenvalue weighted by Crippen LogP contribution is -2.24. The number of hydrogen-bond donors (Lipinski definition) is 2. The number of rotatable bonds is 7. The molecule has 0 unspecified atom stereocenters. The summed E-state index contributed by atoms with van der Waals surface area (Å²) in [7, 11) is 0. The van der Waals surface area contributed by atoms with Crippen LogP contribution >= 0.6 is 0 Å². The number of aliphatic carboxylic acids is 1. The van der Waals surface area contributed by atoms with Gasteiger partial charge >= 0.3 is 5.97 Å². The predicted molar refractivity (Wildman–Crippen MR) is 59.7 cm³/mol. The second-order valence-corrected chi connectivity index (χ2v) is 3.73. The zero-order chi connectivity index (χ0) is 12.7. The van der Waals surface area contributed by atoms with Gasteiger partial charge in [0.1, 0.15) is 0 Å². The number of carbonyl (C=O) groups is 2. The lowest BCUT2D eigenvalue weighted by atomic mass is 10.2. The normalized spacial score (nSPS) is 10.2. The number of nitrogens with one attached hydrogen (secondary N) is 1. The van der Waals surface area contributed by atoms with Crippen LogP contribution in [0.25, 0.3) is 0 Å². The maximum absolute atomic E-state index is 11.5. The fourth-order valence-corrected chi connectivity index (χ4v) is 1.38. The topological polar surface area (TPSA) is 92.4 Å². The van der Waals surface area contributed by atoms with Crippen LogP contribution in [0.2, 0.25) is 0 Å². The summed E-state index contributed by atoms with van der Waals surface area (Å²) in [6.07, 6.45) is 3.58. The van der Waals surface area contributed by atoms with E-state index in [-0.39, 0.29) is 18.1 Å². The van der Waals surface area contributed by atoms with Crippen LogP contribution in [0.1, 0.15) is 41.9 Å². The molecule has 1 aromatic heterocycles. The van der Waals surface area contributed by atoms with Gasteiger partial charge in [-0.2, -0.15) is 0 Å². The van der Waals surface area contributed by atoms with Crippen LogP contribution < -0.4 is 5.32 Å². The minimum atomic E-state index is -0.786. The van der Waals surface area contributed by atoms with Crippen LogP contribution in [0.4, 0.5) is 0 Å². The molecule has 6 heteroatoms. The second kappa shape index (κ2) is 6.67. The SMILES string of the molecule is Cc1ncoc1C(=O)NCCCCCC(=O)O. The van der Waals surface area contributed by atoms with Crippen molar-refractivity contribution in [2.24, 2.45) is 0 Å². The first-order chi connectivity index (χ1) is 8.11. The van der Waals surface area contributed by atoms with E-state index in [0.717, 1.165) is 12.8 Å². The van der Waals surface area contributed by atoms with Crippen molar-refractivity contribution in [3.8, 4) is 0 Å². The summed E-state index contributed by atoms with van der Waals surface area (Å²) in [5, 5.41) is 11.1. The number of carbonyl (C=O) groups excluding carboxylic acids is 1. The molecule has 1 heterocycles. The van der Waals surface area contributed by atoms with Crippen LogP contribution in [-0.2, 0) is 4.79 Å². The van der Waals surface area contributed by atoms with Gasteiger partial charge in [-0.05, 0) is 19.8 Å². The van der Waals surface area contributed by atoms with E-state index >= 15 is 0 Å². The van der Waals surface area contributed by atoms with E-state index in [9.17, 15) is 9.59 Å². The fraction of sp³-hybridized carbons (Fsp3) is 0.545. The number of carboxylic acid groups (broad SMARTS) is 1. The molecule has 0 saturated carbocycles. The van der Waals surface area contributed by atoms with Crippen molar-refractivity contribution in [3.05, 3.63) is 17.8 Å². The Kier molecular flexibility index (Phi) is 5.19. The summed E-state index contributed by atoms with van der Waals surface area (Å²) in [5.41, 5.74) is 0.563. The van der Waals surface area contributed by atoms with E-state index in [1.165, 1.54) is 6.39 Å². The highest BCUT2D eigenvalue weighted by Crippen LogP contribution is 2.04. The van der Waals surface area contributed by atoms with Crippen molar-refractivity contribution in [2.75, 3.05) is 6.54 Å². The van der Waals surface area contributed by atoms with Gasteiger partial charge in [0.25, 0.3) is 5.91 Å². The largest absolute Gasteiger partial charge is 0.481 e. The molecule has 0 radical (unpaired) electrons. The molecular formula is C11H16N2O4. The Morgan fingerprint density at radius 1 is 1.41 bits per heavy atom. The van der Waals surface area contributed by atoms with Crippen molar-refractivity contribution in [2.45, 2.75) is 32.6 Å². The summed E-state index contributed by atoms with van der Waals surface area (Å²) in [6.45, 7) is 2.21. The summed E-state index contributed by atoms with van der Waals surface area (Å²) >= 11 is 0. The van der Waals surface area contributed by atoms with E-state index in [2.05, 4.69) is 10.3 Å². The number of nitrogens with zero attached hydrogens (tertiary/aromatic N) is 1. The third kappa shape index (κ3) is 4.67. The Hall–Kier alpha value is -1.85. The van der Waals surface area contributed by atoms with Crippen LogP contribution in [0.5, 0.6) is 0 Å². The third-order valence-corrected chi connectivity index (χ3v) is 2.30. The van der Waals surface area contributed by atoms with Crippen molar-refractivity contribution in [3.63, 3.8) is 0 Å². The standard InChI is InChI=1S/C11H16N2O4/c1-8-10(17-7-13-8)11(16)12-6-4-2-3-5-9(14)15/h7H,2-6H2,1H3,(H,12,16)(H,14,15). The van der Waals surface area contributed by atoms with Gasteiger partial charge in [-0.1, -0.05) is 6.42 Å². The molecule has 0 fully saturated rings. The Morgan fingerprint density at radius 2 is 2.18 bits per heavy atom. The predicted octanol–water partition coefficient (Wildman–Crippen LogP) is 1.36. The van der Waals surface area contributed by atoms with Gasteiger partial charge in [0.2, 0.25) is 5.76 Å². The zero-order valence-electron chi connectivity index (χ0n) is 9.73. The molecule has 0 atom stereocenters. The highest BCUT2D eigenvalue weighted by atomic mass is 16.4. The van der Waals surface area contributed by atoms with Gasteiger partial charge in [-0.25, -0.2) is 4.98 Å². The minimum Gasteiger partial charge on any atom is -0.481 e. The van der Waals surface area contributed by atoms with Crippen molar-refractivity contribution in [1.82, 2.24) is 10.3 Å². The molecule has 0 aromatic carbocycles. The second-order valence-electron chi connectivity index (χ2n) is 3.73. The Labute approximate surface area is 99.0 Å². The van der Waals surface area contributed by atoms with Crippen molar-refractivity contribution in [1.29, 1.82) is 0 Å². The molecule has 17 heavy (non-hydrogen) atoms. The monoisotopic (exact) mass is 240 g/mol. The van der Waals surface area contributed by atoms with Crippen LogP contribution in [0.3, 0.4) is 0 Å². The Morgan fingerprint density at radius 3 is 2.76 bits per heavy atom. The Bertz CT molecular complexity index is 387. The van der Waals surface area contributed by atoms with E-state index in [1.54, 1.807) is 6.92 Å². The lowest BCUT2D eigenvalue weighted by molar-refractivity contribution is -0.137. The van der Waals surface area contributed by atoms with Gasteiger partial charge in [-0.3, -0.25) is 9.59 Å². The van der Waals surface area contributed by atoms with E-state index in [4.69, 9.17) is 9.52 Å². The minimum absolute atomic E-state index is 0.176. The number of oxazole rings is 1. The van der Waals surface area contributed by atoms with Crippen molar-refractivity contribution < 1.29 is 19.1 Å². The third-order valence-electron chi connectivity index (χ3n) is 2.30. The quantitative estimate of drug-likeness (QED) is 0.702. The van der Waals surface area contributed by atoms with Crippen LogP contribution in [0.15, 0.2) is 10.8 Å². The average molecular weight is 240 g/mol. The molecule has 2 N–H and O–H groups in total. The van der Waals surface area contributed by atoms with E-state index in [1.807, 2.05) is 0 Å². The number of aryl methyl sites for hydroxylation is 1. The fourth-order valence-electron chi connectivity index (χ4n) is 1.38.